The number of aldehydes is 1. The molecule has 0 radical (unpaired) electrons. The fourth-order valence-corrected chi connectivity index (χ4v) is 3.67. The maximum Gasteiger partial charge on any atom is 0.358 e. The van der Waals surface area contributed by atoms with Crippen molar-refractivity contribution in [2.24, 2.45) is 0 Å². The van der Waals surface area contributed by atoms with E-state index in [0.29, 0.717) is 6.42 Å². The molecule has 0 spiro atoms. The molecule has 0 aliphatic carbocycles. The van der Waals surface area contributed by atoms with E-state index in [4.69, 9.17) is 5.11 Å². The average molecular weight is 453 g/mol. The van der Waals surface area contributed by atoms with Crippen LogP contribution in [0.5, 0.6) is 0 Å². The van der Waals surface area contributed by atoms with Gasteiger partial charge in [0.25, 0.3) is 5.91 Å². The fraction of sp³-hybridized carbons (Fsp3) is 0.500. The van der Waals surface area contributed by atoms with Crippen molar-refractivity contribution in [2.75, 3.05) is 13.1 Å². The van der Waals surface area contributed by atoms with Crippen LogP contribution in [0.2, 0.25) is 0 Å². The summed E-state index contributed by atoms with van der Waals surface area (Å²) in [6.07, 6.45) is 1.39. The number of aliphatic carboxylic acids is 1. The summed E-state index contributed by atoms with van der Waals surface area (Å²) in [7, 11) is 0. The van der Waals surface area contributed by atoms with Gasteiger partial charge in [-0.2, -0.15) is 0 Å². The Kier molecular flexibility index (Phi) is 6.74. The molecule has 0 bridgehead atoms. The third-order valence-corrected chi connectivity index (χ3v) is 5.34. The lowest BCUT2D eigenvalue weighted by Gasteiger charge is -2.42. The highest BCUT2D eigenvalue weighted by molar-refractivity contribution is 7.07. The van der Waals surface area contributed by atoms with Gasteiger partial charge in [-0.15, -0.1) is 5.10 Å². The monoisotopic (exact) mass is 453 g/mol. The normalized spacial score (nSPS) is 19.9. The number of carbonyl (C=O) groups excluding carboxylic acids is 5. The number of nitrogens with zero attached hydrogens (tertiary/aromatic N) is 5. The summed E-state index contributed by atoms with van der Waals surface area (Å²) in [4.78, 5) is 72.9. The minimum Gasteiger partial charge on any atom is -0.481 e. The van der Waals surface area contributed by atoms with E-state index in [0.717, 1.165) is 26.6 Å². The van der Waals surface area contributed by atoms with Crippen LogP contribution < -0.4 is 10.7 Å². The predicted octanol–water partition coefficient (Wildman–Crippen LogP) is -1.62. The van der Waals surface area contributed by atoms with E-state index >= 15 is 0 Å². The Morgan fingerprint density at radius 2 is 2.10 bits per heavy atom. The maximum absolute atomic E-state index is 13.2. The molecular weight excluding hydrogens is 434 g/mol. The van der Waals surface area contributed by atoms with Crippen molar-refractivity contribution < 1.29 is 33.9 Å². The number of hydrogen-bond donors (Lipinski definition) is 3. The molecule has 2 aliphatic heterocycles. The Balaban J connectivity index is 1.80. The van der Waals surface area contributed by atoms with Crippen LogP contribution in [0.3, 0.4) is 0 Å². The first kappa shape index (κ1) is 22.1. The summed E-state index contributed by atoms with van der Waals surface area (Å²) in [6, 6.07) is -3.26. The number of hydrazine groups is 2. The lowest BCUT2D eigenvalue weighted by Crippen LogP contribution is -2.64. The first-order chi connectivity index (χ1) is 14.8. The zero-order chi connectivity index (χ0) is 22.5. The smallest absolute Gasteiger partial charge is 0.358 e. The molecule has 15 heteroatoms. The van der Waals surface area contributed by atoms with Gasteiger partial charge in [-0.3, -0.25) is 24.6 Å². The van der Waals surface area contributed by atoms with Crippen LogP contribution in [0, 0.1) is 0 Å². The molecule has 1 aromatic rings. The number of carboxylic acid groups (broad SMARTS) is 1. The molecule has 14 nitrogen and oxygen atoms in total. The summed E-state index contributed by atoms with van der Waals surface area (Å²) >= 11 is 0.822. The molecule has 3 rings (SSSR count). The van der Waals surface area contributed by atoms with Gasteiger partial charge in [0.2, 0.25) is 11.8 Å². The van der Waals surface area contributed by atoms with E-state index in [1.54, 1.807) is 0 Å². The third-order valence-electron chi connectivity index (χ3n) is 4.68. The Hall–Kier alpha value is -3.62. The summed E-state index contributed by atoms with van der Waals surface area (Å²) in [5, 5.41) is 17.7. The van der Waals surface area contributed by atoms with Crippen LogP contribution in [0.15, 0.2) is 6.20 Å². The third kappa shape index (κ3) is 4.93. The van der Waals surface area contributed by atoms with Crippen LogP contribution in [-0.2, 0) is 19.2 Å². The molecule has 2 atom stereocenters. The number of carboxylic acids is 1. The van der Waals surface area contributed by atoms with E-state index in [1.165, 1.54) is 6.20 Å². The predicted molar refractivity (Wildman–Crippen MR) is 101 cm³/mol. The molecule has 0 aromatic carbocycles. The van der Waals surface area contributed by atoms with E-state index in [1.807, 2.05) is 0 Å². The summed E-state index contributed by atoms with van der Waals surface area (Å²) in [5.74, 6) is -3.12. The van der Waals surface area contributed by atoms with Gasteiger partial charge >= 0.3 is 12.0 Å². The first-order valence-electron chi connectivity index (χ1n) is 9.28. The second-order valence-corrected chi connectivity index (χ2v) is 7.56. The van der Waals surface area contributed by atoms with Gasteiger partial charge in [-0.25, -0.2) is 19.8 Å². The van der Waals surface area contributed by atoms with Gasteiger partial charge in [0.05, 0.1) is 25.2 Å². The summed E-state index contributed by atoms with van der Waals surface area (Å²) in [5.41, 5.74) is 2.39. The highest BCUT2D eigenvalue weighted by Crippen LogP contribution is 2.24. The zero-order valence-corrected chi connectivity index (χ0v) is 16.9. The topological polar surface area (TPSA) is 182 Å². The molecule has 5 amide bonds. The minimum absolute atomic E-state index is 0.0895. The standard InChI is InChI=1S/C16H19N7O7S/c24-8-9(6-13(26)27)18-14(28)10-2-1-4-22-12(25)3-5-21(16(30)23(10)22)19-15(29)11-7-17-20-31-11/h7-10H,1-6H2,(H,18,28)(H,19,29)(H,26,27). The molecule has 2 unspecified atom stereocenters. The Bertz CT molecular complexity index is 893. The molecule has 3 N–H and O–H groups in total. The fourth-order valence-electron chi connectivity index (χ4n) is 3.26. The van der Waals surface area contributed by atoms with Crippen molar-refractivity contribution in [3.63, 3.8) is 0 Å². The number of aromatic nitrogens is 2. The second kappa shape index (κ2) is 9.46. The van der Waals surface area contributed by atoms with Crippen LogP contribution >= 0.6 is 11.5 Å². The van der Waals surface area contributed by atoms with Gasteiger partial charge in [0.15, 0.2) is 0 Å². The van der Waals surface area contributed by atoms with E-state index < -0.39 is 48.2 Å². The molecule has 2 aliphatic rings. The van der Waals surface area contributed by atoms with Crippen LogP contribution in [0.1, 0.15) is 35.4 Å². The molecule has 2 fully saturated rings. The maximum atomic E-state index is 13.2. The summed E-state index contributed by atoms with van der Waals surface area (Å²) < 4.78 is 3.57. The Labute approximate surface area is 179 Å². The van der Waals surface area contributed by atoms with Crippen molar-refractivity contribution in [2.45, 2.75) is 37.8 Å². The number of nitrogens with one attached hydrogen (secondary N) is 2. The molecule has 0 saturated carbocycles. The molecular formula is C16H19N7O7S. The van der Waals surface area contributed by atoms with E-state index in [9.17, 15) is 28.8 Å². The van der Waals surface area contributed by atoms with Crippen LogP contribution in [0.25, 0.3) is 0 Å². The molecule has 31 heavy (non-hydrogen) atoms. The van der Waals surface area contributed by atoms with Gasteiger partial charge in [0.1, 0.15) is 17.2 Å². The molecule has 1 aromatic heterocycles. The highest BCUT2D eigenvalue weighted by atomic mass is 32.1. The number of amides is 5. The zero-order valence-electron chi connectivity index (χ0n) is 16.1. The Morgan fingerprint density at radius 1 is 1.32 bits per heavy atom. The minimum atomic E-state index is -1.28. The lowest BCUT2D eigenvalue weighted by atomic mass is 10.1. The quantitative estimate of drug-likeness (QED) is 0.408. The highest BCUT2D eigenvalue weighted by Gasteiger charge is 2.44. The van der Waals surface area contributed by atoms with Crippen molar-refractivity contribution in [3.05, 3.63) is 11.1 Å². The van der Waals surface area contributed by atoms with Gasteiger partial charge in [-0.1, -0.05) is 4.49 Å². The second-order valence-electron chi connectivity index (χ2n) is 6.78. The first-order valence-corrected chi connectivity index (χ1v) is 10.1. The number of hydrogen-bond acceptors (Lipinski definition) is 9. The summed E-state index contributed by atoms with van der Waals surface area (Å²) in [6.45, 7) is 0.0775. The van der Waals surface area contributed by atoms with E-state index in [2.05, 4.69) is 20.3 Å². The lowest BCUT2D eigenvalue weighted by molar-refractivity contribution is -0.155. The Morgan fingerprint density at radius 3 is 2.74 bits per heavy atom. The largest absolute Gasteiger partial charge is 0.481 e. The average Bonchev–Trinajstić information content (AvgIpc) is 3.25. The van der Waals surface area contributed by atoms with Crippen molar-refractivity contribution in [1.82, 2.24) is 35.4 Å². The van der Waals surface area contributed by atoms with Gasteiger partial charge in [0, 0.05) is 13.0 Å². The number of rotatable bonds is 7. The molecule has 166 valence electrons. The van der Waals surface area contributed by atoms with Crippen molar-refractivity contribution in [1.29, 1.82) is 0 Å². The van der Waals surface area contributed by atoms with Gasteiger partial charge < -0.3 is 15.2 Å². The SMILES string of the molecule is O=CC(CC(=O)O)NC(=O)C1CCCN2C(=O)CCN(NC(=O)c3cnns3)C(=O)N12. The van der Waals surface area contributed by atoms with Crippen LogP contribution in [0.4, 0.5) is 4.79 Å². The van der Waals surface area contributed by atoms with E-state index in [-0.39, 0.29) is 37.1 Å². The van der Waals surface area contributed by atoms with Crippen LogP contribution in [-0.4, -0.2) is 90.9 Å². The molecule has 2 saturated heterocycles. The van der Waals surface area contributed by atoms with Crippen molar-refractivity contribution in [3.8, 4) is 0 Å². The van der Waals surface area contributed by atoms with Crippen molar-refractivity contribution >= 4 is 47.5 Å². The number of carbonyl (C=O) groups is 6. The number of fused-ring (bicyclic) bond motifs is 1. The number of urea groups is 1. The van der Waals surface area contributed by atoms with Gasteiger partial charge in [-0.05, 0) is 24.4 Å². The molecule has 3 heterocycles.